The summed E-state index contributed by atoms with van der Waals surface area (Å²) in [6.07, 6.45) is 3.45. The summed E-state index contributed by atoms with van der Waals surface area (Å²) in [7, 11) is 0. The topological polar surface area (TPSA) is 17.1 Å². The monoisotopic (exact) mass is 145 g/mol. The van der Waals surface area contributed by atoms with Gasteiger partial charge in [0.2, 0.25) is 0 Å². The van der Waals surface area contributed by atoms with E-state index in [0.717, 1.165) is 6.42 Å². The number of thioether (sulfide) groups is 1. The Morgan fingerprint density at radius 1 is 1.67 bits per heavy atom. The van der Waals surface area contributed by atoms with Crippen molar-refractivity contribution in [3.05, 3.63) is 5.75 Å². The van der Waals surface area contributed by atoms with Crippen molar-refractivity contribution in [1.29, 1.82) is 0 Å². The zero-order valence-corrected chi connectivity index (χ0v) is 6.83. The van der Waals surface area contributed by atoms with Crippen molar-refractivity contribution in [2.24, 2.45) is 0 Å². The average Bonchev–Trinajstić information content (AvgIpc) is 1.80. The second-order valence-corrected chi connectivity index (χ2v) is 3.06. The molecule has 0 saturated carbocycles. The lowest BCUT2D eigenvalue weighted by Gasteiger charge is -1.92. The first-order chi connectivity index (χ1) is 4.27. The van der Waals surface area contributed by atoms with E-state index in [0.29, 0.717) is 0 Å². The Bertz CT molecular complexity index is 81.0. The van der Waals surface area contributed by atoms with Crippen LogP contribution in [0.4, 0.5) is 0 Å². The maximum atomic E-state index is 10.3. The molecule has 0 fully saturated rings. The molecule has 0 aliphatic carbocycles. The molecule has 1 radical (unpaired) electrons. The van der Waals surface area contributed by atoms with E-state index in [1.165, 1.54) is 24.6 Å². The first kappa shape index (κ1) is 9.02. The van der Waals surface area contributed by atoms with Gasteiger partial charge in [-0.1, -0.05) is 31.5 Å². The molecule has 0 aromatic rings. The number of hydrogen-bond acceptors (Lipinski definition) is 2. The quantitative estimate of drug-likeness (QED) is 0.566. The minimum Gasteiger partial charge on any atom is -0.288 e. The summed E-state index contributed by atoms with van der Waals surface area (Å²) in [5, 5.41) is 0.186. The molecule has 0 saturated heterocycles. The molecule has 53 valence electrons. The smallest absolute Gasteiger partial charge is 0.186 e. The summed E-state index contributed by atoms with van der Waals surface area (Å²) in [5.74, 6) is 1.98. The molecule has 9 heavy (non-hydrogen) atoms. The van der Waals surface area contributed by atoms with Crippen LogP contribution in [0.5, 0.6) is 0 Å². The van der Waals surface area contributed by atoms with E-state index >= 15 is 0 Å². The molecule has 0 aromatic carbocycles. The van der Waals surface area contributed by atoms with Crippen molar-refractivity contribution in [3.8, 4) is 0 Å². The third-order valence-corrected chi connectivity index (χ3v) is 1.66. The molecule has 0 amide bonds. The molecule has 0 N–H and O–H groups in total. The minimum absolute atomic E-state index is 0.186. The molecule has 0 aromatic heterocycles. The minimum atomic E-state index is 0.186. The normalized spacial score (nSPS) is 9.56. The maximum absolute atomic E-state index is 10.3. The summed E-state index contributed by atoms with van der Waals surface area (Å²) >= 11 is 1.31. The number of carbonyl (C=O) groups is 1. The molecule has 0 aliphatic rings. The van der Waals surface area contributed by atoms with Crippen LogP contribution in [0.25, 0.3) is 0 Å². The van der Waals surface area contributed by atoms with Gasteiger partial charge in [0.25, 0.3) is 0 Å². The van der Waals surface area contributed by atoms with Crippen molar-refractivity contribution in [2.75, 3.05) is 0 Å². The summed E-state index contributed by atoms with van der Waals surface area (Å²) in [6.45, 7) is 3.74. The average molecular weight is 145 g/mol. The molecule has 0 rings (SSSR count). The Morgan fingerprint density at radius 2 is 2.33 bits per heavy atom. The lowest BCUT2D eigenvalue weighted by molar-refractivity contribution is -0.109. The van der Waals surface area contributed by atoms with E-state index in [1.807, 2.05) is 5.75 Å². The fraction of sp³-hybridized carbons (Fsp3) is 0.714. The zero-order chi connectivity index (χ0) is 7.11. The summed E-state index contributed by atoms with van der Waals surface area (Å²) in [6, 6.07) is 0. The van der Waals surface area contributed by atoms with Crippen LogP contribution in [0, 0.1) is 5.75 Å². The van der Waals surface area contributed by atoms with Gasteiger partial charge in [-0.2, -0.15) is 0 Å². The Kier molecular flexibility index (Phi) is 6.16. The highest BCUT2D eigenvalue weighted by molar-refractivity contribution is 8.15. The van der Waals surface area contributed by atoms with Crippen LogP contribution in [0.2, 0.25) is 0 Å². The van der Waals surface area contributed by atoms with Crippen LogP contribution in [0.15, 0.2) is 0 Å². The van der Waals surface area contributed by atoms with Crippen LogP contribution in [-0.2, 0) is 4.79 Å². The fourth-order valence-electron chi connectivity index (χ4n) is 0.464. The van der Waals surface area contributed by atoms with E-state index in [-0.39, 0.29) is 5.12 Å². The molecule has 0 atom stereocenters. The second-order valence-electron chi connectivity index (χ2n) is 1.92. The van der Waals surface area contributed by atoms with Gasteiger partial charge in [-0.15, -0.1) is 0 Å². The van der Waals surface area contributed by atoms with Gasteiger partial charge >= 0.3 is 0 Å². The molecule has 2 heteroatoms. The third-order valence-electron chi connectivity index (χ3n) is 0.925. The van der Waals surface area contributed by atoms with Gasteiger partial charge in [0, 0.05) is 12.7 Å². The largest absolute Gasteiger partial charge is 0.288 e. The highest BCUT2D eigenvalue weighted by atomic mass is 32.2. The fourth-order valence-corrected chi connectivity index (χ4v) is 0.983. The van der Waals surface area contributed by atoms with Crippen molar-refractivity contribution in [2.45, 2.75) is 33.1 Å². The van der Waals surface area contributed by atoms with E-state index in [1.54, 1.807) is 6.92 Å². The maximum Gasteiger partial charge on any atom is 0.186 e. The van der Waals surface area contributed by atoms with Crippen molar-refractivity contribution >= 4 is 16.9 Å². The SMILES string of the molecule is CCCC[CH]SC(C)=O. The number of rotatable bonds is 4. The standard InChI is InChI=1S/C7H13OS/c1-3-4-5-6-9-7(2)8/h6H,3-5H2,1-2H3. The van der Waals surface area contributed by atoms with Gasteiger partial charge in [-0.25, -0.2) is 0 Å². The van der Waals surface area contributed by atoms with Crippen molar-refractivity contribution < 1.29 is 4.79 Å². The Morgan fingerprint density at radius 3 is 2.78 bits per heavy atom. The van der Waals surface area contributed by atoms with Crippen molar-refractivity contribution in [1.82, 2.24) is 0 Å². The van der Waals surface area contributed by atoms with Crippen LogP contribution in [-0.4, -0.2) is 5.12 Å². The lowest BCUT2D eigenvalue weighted by atomic mass is 10.3. The highest BCUT2D eigenvalue weighted by Crippen LogP contribution is 2.11. The van der Waals surface area contributed by atoms with Gasteiger partial charge in [0.15, 0.2) is 5.12 Å². The van der Waals surface area contributed by atoms with Crippen LogP contribution >= 0.6 is 11.8 Å². The summed E-state index contributed by atoms with van der Waals surface area (Å²) in [5.41, 5.74) is 0. The highest BCUT2D eigenvalue weighted by Gasteiger charge is 1.92. The number of carbonyl (C=O) groups excluding carboxylic acids is 1. The molecule has 0 bridgehead atoms. The second kappa shape index (κ2) is 6.14. The van der Waals surface area contributed by atoms with Gasteiger partial charge < -0.3 is 0 Å². The van der Waals surface area contributed by atoms with Crippen LogP contribution in [0.3, 0.4) is 0 Å². The molecular formula is C7H13OS. The molecular weight excluding hydrogens is 132 g/mol. The van der Waals surface area contributed by atoms with Crippen LogP contribution < -0.4 is 0 Å². The first-order valence-corrected chi connectivity index (χ1v) is 4.14. The lowest BCUT2D eigenvalue weighted by Crippen LogP contribution is -1.79. The van der Waals surface area contributed by atoms with E-state index in [9.17, 15) is 4.79 Å². The molecule has 0 heterocycles. The van der Waals surface area contributed by atoms with E-state index < -0.39 is 0 Å². The summed E-state index contributed by atoms with van der Waals surface area (Å²) in [4.78, 5) is 10.3. The zero-order valence-electron chi connectivity index (χ0n) is 6.02. The van der Waals surface area contributed by atoms with E-state index in [2.05, 4.69) is 6.92 Å². The molecule has 0 aliphatic heterocycles. The third kappa shape index (κ3) is 8.02. The van der Waals surface area contributed by atoms with E-state index in [4.69, 9.17) is 0 Å². The Labute approximate surface area is 61.2 Å². The first-order valence-electron chi connectivity index (χ1n) is 3.26. The van der Waals surface area contributed by atoms with Gasteiger partial charge in [0.05, 0.1) is 0 Å². The molecule has 0 unspecified atom stereocenters. The predicted molar refractivity (Wildman–Crippen MR) is 42.1 cm³/mol. The number of hydrogen-bond donors (Lipinski definition) is 0. The van der Waals surface area contributed by atoms with Crippen LogP contribution in [0.1, 0.15) is 33.1 Å². The van der Waals surface area contributed by atoms with Gasteiger partial charge in [-0.3, -0.25) is 4.79 Å². The Hall–Kier alpha value is 0.0200. The Balaban J connectivity index is 2.83. The van der Waals surface area contributed by atoms with Gasteiger partial charge in [-0.05, 0) is 6.42 Å². The van der Waals surface area contributed by atoms with Crippen molar-refractivity contribution in [3.63, 3.8) is 0 Å². The predicted octanol–water partition coefficient (Wildman–Crippen LogP) is 2.62. The number of unbranched alkanes of at least 4 members (excludes halogenated alkanes) is 2. The summed E-state index contributed by atoms with van der Waals surface area (Å²) < 4.78 is 0. The molecule has 1 nitrogen and oxygen atoms in total. The van der Waals surface area contributed by atoms with Gasteiger partial charge in [0.1, 0.15) is 0 Å². The molecule has 0 spiro atoms.